The lowest BCUT2D eigenvalue weighted by molar-refractivity contribution is 0.113. The van der Waals surface area contributed by atoms with Gasteiger partial charge in [-0.25, -0.2) is 9.78 Å². The maximum atomic E-state index is 11.1. The highest BCUT2D eigenvalue weighted by Crippen LogP contribution is 2.10. The second kappa shape index (κ2) is 8.10. The quantitative estimate of drug-likeness (QED) is 0.832. The van der Waals surface area contributed by atoms with Crippen LogP contribution in [-0.2, 0) is 16.1 Å². The Bertz CT molecular complexity index is 478. The van der Waals surface area contributed by atoms with Crippen molar-refractivity contribution in [3.63, 3.8) is 0 Å². The minimum absolute atomic E-state index is 0.101. The summed E-state index contributed by atoms with van der Waals surface area (Å²) in [5.41, 5.74) is 1.77. The van der Waals surface area contributed by atoms with Crippen LogP contribution in [0.4, 0.5) is 4.79 Å². The number of aromatic nitrogens is 2. The molecule has 0 aliphatic rings. The molecule has 0 radical (unpaired) electrons. The third kappa shape index (κ3) is 4.59. The number of ether oxygens (including phenoxy) is 2. The van der Waals surface area contributed by atoms with E-state index in [-0.39, 0.29) is 13.3 Å². The van der Waals surface area contributed by atoms with E-state index in [0.29, 0.717) is 5.82 Å². The monoisotopic (exact) mass is 265 g/mol. The molecule has 0 bridgehead atoms. The number of aromatic amines is 1. The number of imidazole rings is 1. The lowest BCUT2D eigenvalue weighted by Crippen LogP contribution is -2.26. The van der Waals surface area contributed by atoms with Crippen LogP contribution in [-0.4, -0.2) is 29.9 Å². The summed E-state index contributed by atoms with van der Waals surface area (Å²) in [5.74, 6) is 0.610. The van der Waals surface area contributed by atoms with Crippen molar-refractivity contribution in [2.24, 2.45) is 0 Å². The Morgan fingerprint density at radius 2 is 2.11 bits per heavy atom. The van der Waals surface area contributed by atoms with E-state index in [1.165, 1.54) is 7.11 Å². The molecule has 0 saturated carbocycles. The number of rotatable bonds is 4. The molecule has 6 nitrogen and oxygen atoms in total. The predicted molar refractivity (Wildman–Crippen MR) is 72.6 cm³/mol. The summed E-state index contributed by atoms with van der Waals surface area (Å²) in [6.07, 6.45) is -0.535. The Hall–Kier alpha value is -2.08. The zero-order valence-corrected chi connectivity index (χ0v) is 11.4. The van der Waals surface area contributed by atoms with Gasteiger partial charge in [0.25, 0.3) is 0 Å². The average Bonchev–Trinajstić information content (AvgIpc) is 2.88. The van der Waals surface area contributed by atoms with Crippen LogP contribution in [0.15, 0.2) is 24.3 Å². The Morgan fingerprint density at radius 1 is 1.37 bits per heavy atom. The number of carbonyl (C=O) groups excluding carboxylic acids is 1. The summed E-state index contributed by atoms with van der Waals surface area (Å²) in [6.45, 7) is 4.23. The molecular weight excluding hydrogens is 246 g/mol. The first kappa shape index (κ1) is 15.0. The number of alkyl carbamates (subject to hydrolysis) is 1. The highest BCUT2D eigenvalue weighted by atomic mass is 16.6. The predicted octanol–water partition coefficient (Wildman–Crippen LogP) is 2.42. The van der Waals surface area contributed by atoms with Crippen molar-refractivity contribution >= 4 is 17.1 Å². The minimum Gasteiger partial charge on any atom is -0.441 e. The lowest BCUT2D eigenvalue weighted by atomic mass is 10.3. The number of amides is 1. The number of nitrogens with zero attached hydrogens (tertiary/aromatic N) is 1. The van der Waals surface area contributed by atoms with Gasteiger partial charge in [0.2, 0.25) is 0 Å². The van der Waals surface area contributed by atoms with Crippen molar-refractivity contribution in [2.75, 3.05) is 13.8 Å². The number of hydrogen-bond donors (Lipinski definition) is 2. The molecule has 0 atom stereocenters. The van der Waals surface area contributed by atoms with Crippen molar-refractivity contribution in [3.05, 3.63) is 30.1 Å². The molecule has 0 saturated heterocycles. The fraction of sp³-hybridized carbons (Fsp3) is 0.385. The number of H-pyrrole nitrogens is 1. The van der Waals surface area contributed by atoms with Gasteiger partial charge in [0, 0.05) is 7.11 Å². The molecule has 1 aromatic heterocycles. The lowest BCUT2D eigenvalue weighted by Gasteiger charge is -2.03. The first-order valence-electron chi connectivity index (χ1n) is 6.13. The van der Waals surface area contributed by atoms with Crippen LogP contribution in [0, 0.1) is 0 Å². The summed E-state index contributed by atoms with van der Waals surface area (Å²) >= 11 is 0. The van der Waals surface area contributed by atoms with Gasteiger partial charge in [-0.1, -0.05) is 26.0 Å². The smallest absolute Gasteiger partial charge is 0.409 e. The van der Waals surface area contributed by atoms with E-state index in [1.54, 1.807) is 0 Å². The van der Waals surface area contributed by atoms with Crippen molar-refractivity contribution in [1.29, 1.82) is 0 Å². The maximum absolute atomic E-state index is 11.1. The van der Waals surface area contributed by atoms with Crippen LogP contribution < -0.4 is 5.32 Å². The molecule has 0 aliphatic carbocycles. The molecular formula is C13H19N3O3. The summed E-state index contributed by atoms with van der Waals surface area (Å²) < 4.78 is 9.61. The zero-order valence-electron chi connectivity index (χ0n) is 11.4. The topological polar surface area (TPSA) is 76.2 Å². The Labute approximate surface area is 112 Å². The number of benzene rings is 1. The summed E-state index contributed by atoms with van der Waals surface area (Å²) in [4.78, 5) is 18.5. The number of carbonyl (C=O) groups is 1. The molecule has 0 unspecified atom stereocenters. The molecule has 2 N–H and O–H groups in total. The number of nitrogens with one attached hydrogen (secondary N) is 2. The van der Waals surface area contributed by atoms with Gasteiger partial charge in [-0.15, -0.1) is 0 Å². The van der Waals surface area contributed by atoms with Crippen LogP contribution in [0.1, 0.15) is 19.7 Å². The standard InChI is InChI=1S/C11H13N3O3.C2H6/c1-16-7-12-11(15)17-6-10-13-8-4-2-3-5-9(8)14-10;1-2/h2-5H,6-7H2,1H3,(H,12,15)(H,13,14);1-2H3. The first-order chi connectivity index (χ1) is 9.29. The second-order valence-corrected chi connectivity index (χ2v) is 3.39. The fourth-order valence-corrected chi connectivity index (χ4v) is 1.39. The summed E-state index contributed by atoms with van der Waals surface area (Å²) in [5, 5.41) is 2.41. The van der Waals surface area contributed by atoms with Crippen molar-refractivity contribution < 1.29 is 14.3 Å². The zero-order chi connectivity index (χ0) is 14.1. The molecule has 0 spiro atoms. The molecule has 2 aromatic rings. The Morgan fingerprint density at radius 3 is 2.79 bits per heavy atom. The van der Waals surface area contributed by atoms with Crippen molar-refractivity contribution in [1.82, 2.24) is 15.3 Å². The first-order valence-corrected chi connectivity index (χ1v) is 6.13. The van der Waals surface area contributed by atoms with E-state index in [1.807, 2.05) is 38.1 Å². The van der Waals surface area contributed by atoms with Gasteiger partial charge in [-0.05, 0) is 12.1 Å². The van der Waals surface area contributed by atoms with Gasteiger partial charge in [0.05, 0.1) is 11.0 Å². The largest absolute Gasteiger partial charge is 0.441 e. The number of methoxy groups -OCH3 is 1. The minimum atomic E-state index is -0.535. The van der Waals surface area contributed by atoms with Crippen LogP contribution in [0.25, 0.3) is 11.0 Å². The highest BCUT2D eigenvalue weighted by Gasteiger charge is 2.05. The van der Waals surface area contributed by atoms with Gasteiger partial charge >= 0.3 is 6.09 Å². The average molecular weight is 265 g/mol. The van der Waals surface area contributed by atoms with Crippen LogP contribution >= 0.6 is 0 Å². The molecule has 19 heavy (non-hydrogen) atoms. The van der Waals surface area contributed by atoms with Crippen molar-refractivity contribution in [3.8, 4) is 0 Å². The van der Waals surface area contributed by atoms with Crippen molar-refractivity contribution in [2.45, 2.75) is 20.5 Å². The van der Waals surface area contributed by atoms with Crippen LogP contribution in [0.2, 0.25) is 0 Å². The fourth-order valence-electron chi connectivity index (χ4n) is 1.39. The van der Waals surface area contributed by atoms with E-state index in [0.717, 1.165) is 11.0 Å². The molecule has 2 rings (SSSR count). The molecule has 104 valence electrons. The normalized spacial score (nSPS) is 9.63. The van der Waals surface area contributed by atoms with Crippen LogP contribution in [0.5, 0.6) is 0 Å². The van der Waals surface area contributed by atoms with E-state index in [2.05, 4.69) is 20.0 Å². The van der Waals surface area contributed by atoms with E-state index < -0.39 is 6.09 Å². The van der Waals surface area contributed by atoms with Gasteiger partial charge in [0.1, 0.15) is 12.6 Å². The molecule has 1 amide bonds. The molecule has 1 aromatic carbocycles. The highest BCUT2D eigenvalue weighted by molar-refractivity contribution is 5.74. The SMILES string of the molecule is CC.COCNC(=O)OCc1nc2ccccc2[nH]1. The number of hydrogen-bond acceptors (Lipinski definition) is 4. The molecule has 6 heteroatoms. The maximum Gasteiger partial charge on any atom is 0.409 e. The van der Waals surface area contributed by atoms with E-state index in [4.69, 9.17) is 4.74 Å². The molecule has 1 heterocycles. The van der Waals surface area contributed by atoms with Gasteiger partial charge in [0.15, 0.2) is 6.61 Å². The van der Waals surface area contributed by atoms with Crippen LogP contribution in [0.3, 0.4) is 0 Å². The third-order valence-corrected chi connectivity index (χ3v) is 2.14. The van der Waals surface area contributed by atoms with Gasteiger partial charge in [-0.3, -0.25) is 5.32 Å². The summed E-state index contributed by atoms with van der Waals surface area (Å²) in [6, 6.07) is 7.62. The molecule has 0 fully saturated rings. The summed E-state index contributed by atoms with van der Waals surface area (Å²) in [7, 11) is 1.49. The molecule has 0 aliphatic heterocycles. The van der Waals surface area contributed by atoms with E-state index >= 15 is 0 Å². The number of fused-ring (bicyclic) bond motifs is 1. The Kier molecular flexibility index (Phi) is 6.38. The van der Waals surface area contributed by atoms with E-state index in [9.17, 15) is 4.79 Å². The number of para-hydroxylation sites is 2. The second-order valence-electron chi connectivity index (χ2n) is 3.39. The van der Waals surface area contributed by atoms with Gasteiger partial charge in [-0.2, -0.15) is 0 Å². The van der Waals surface area contributed by atoms with Gasteiger partial charge < -0.3 is 14.5 Å². The Balaban J connectivity index is 0.000000861. The third-order valence-electron chi connectivity index (χ3n) is 2.14.